The van der Waals surface area contributed by atoms with E-state index in [-0.39, 0.29) is 16.3 Å². The summed E-state index contributed by atoms with van der Waals surface area (Å²) in [6.07, 6.45) is 0. The molecule has 0 fully saturated rings. The van der Waals surface area contributed by atoms with Crippen molar-refractivity contribution in [2.45, 2.75) is 6.92 Å². The van der Waals surface area contributed by atoms with Crippen LogP contribution < -0.4 is 5.32 Å². The van der Waals surface area contributed by atoms with Crippen molar-refractivity contribution in [2.75, 3.05) is 5.32 Å². The molecule has 21 heavy (non-hydrogen) atoms. The maximum absolute atomic E-state index is 10.8. The van der Waals surface area contributed by atoms with Gasteiger partial charge in [-0.15, -0.1) is 0 Å². The van der Waals surface area contributed by atoms with Crippen LogP contribution in [-0.4, -0.2) is 16.0 Å². The summed E-state index contributed by atoms with van der Waals surface area (Å²) in [5.74, 6) is -1.06. The van der Waals surface area contributed by atoms with Crippen molar-refractivity contribution >= 4 is 34.6 Å². The van der Waals surface area contributed by atoms with Crippen LogP contribution in [-0.2, 0) is 0 Å². The van der Waals surface area contributed by atoms with Crippen LogP contribution in [0.1, 0.15) is 15.9 Å². The SMILES string of the molecule is Cc1cc(Nc2ccc(C(=O)O)cc2Cl)ccc1[N+](=O)[O-]. The number of halogens is 1. The minimum Gasteiger partial charge on any atom is -0.478 e. The van der Waals surface area contributed by atoms with E-state index in [0.29, 0.717) is 16.9 Å². The van der Waals surface area contributed by atoms with Crippen molar-refractivity contribution in [2.24, 2.45) is 0 Å². The van der Waals surface area contributed by atoms with E-state index in [1.165, 1.54) is 18.2 Å². The van der Waals surface area contributed by atoms with Crippen LogP contribution in [0.4, 0.5) is 17.1 Å². The molecule has 0 aliphatic rings. The Labute approximate surface area is 125 Å². The second-order valence-electron chi connectivity index (χ2n) is 4.38. The van der Waals surface area contributed by atoms with Crippen molar-refractivity contribution in [1.29, 1.82) is 0 Å². The molecule has 0 saturated heterocycles. The molecule has 108 valence electrons. The van der Waals surface area contributed by atoms with E-state index in [2.05, 4.69) is 5.32 Å². The Kier molecular flexibility index (Phi) is 4.09. The summed E-state index contributed by atoms with van der Waals surface area (Å²) >= 11 is 6.01. The minimum absolute atomic E-state index is 0.0351. The number of hydrogen-bond donors (Lipinski definition) is 2. The zero-order valence-electron chi connectivity index (χ0n) is 11.0. The van der Waals surface area contributed by atoms with Crippen molar-refractivity contribution in [3.63, 3.8) is 0 Å². The molecule has 0 bridgehead atoms. The molecule has 0 aliphatic carbocycles. The fourth-order valence-electron chi connectivity index (χ4n) is 1.84. The number of nitro benzene ring substituents is 1. The van der Waals surface area contributed by atoms with E-state index in [1.807, 2.05) is 0 Å². The van der Waals surface area contributed by atoms with Crippen LogP contribution in [0.3, 0.4) is 0 Å². The van der Waals surface area contributed by atoms with Gasteiger partial charge in [0.15, 0.2) is 0 Å². The second-order valence-corrected chi connectivity index (χ2v) is 4.79. The van der Waals surface area contributed by atoms with Gasteiger partial charge in [0, 0.05) is 17.3 Å². The molecular formula is C14H11ClN2O4. The highest BCUT2D eigenvalue weighted by molar-refractivity contribution is 6.33. The summed E-state index contributed by atoms with van der Waals surface area (Å²) in [5.41, 5.74) is 1.79. The third-order valence-corrected chi connectivity index (χ3v) is 3.20. The fourth-order valence-corrected chi connectivity index (χ4v) is 2.07. The maximum atomic E-state index is 10.8. The van der Waals surface area contributed by atoms with E-state index in [9.17, 15) is 14.9 Å². The monoisotopic (exact) mass is 306 g/mol. The summed E-state index contributed by atoms with van der Waals surface area (Å²) < 4.78 is 0. The lowest BCUT2D eigenvalue weighted by molar-refractivity contribution is -0.385. The summed E-state index contributed by atoms with van der Waals surface area (Å²) in [6, 6.07) is 8.89. The smallest absolute Gasteiger partial charge is 0.335 e. The first-order valence-corrected chi connectivity index (χ1v) is 6.31. The van der Waals surface area contributed by atoms with Gasteiger partial charge in [0.25, 0.3) is 5.69 Å². The van der Waals surface area contributed by atoms with Gasteiger partial charge in [0.05, 0.1) is 21.2 Å². The van der Waals surface area contributed by atoms with Crippen LogP contribution in [0.15, 0.2) is 36.4 Å². The standard InChI is InChI=1S/C14H11ClN2O4/c1-8-6-10(3-5-13(8)17(20)21)16-12-4-2-9(14(18)19)7-11(12)15/h2-7,16H,1H3,(H,18,19). The van der Waals surface area contributed by atoms with Gasteiger partial charge in [-0.2, -0.15) is 0 Å². The quantitative estimate of drug-likeness (QED) is 0.658. The number of anilines is 2. The van der Waals surface area contributed by atoms with Crippen molar-refractivity contribution in [3.8, 4) is 0 Å². The van der Waals surface area contributed by atoms with Gasteiger partial charge in [0.2, 0.25) is 0 Å². The lowest BCUT2D eigenvalue weighted by Crippen LogP contribution is -1.98. The molecule has 0 aliphatic heterocycles. The topological polar surface area (TPSA) is 92.5 Å². The number of carboxylic acid groups (broad SMARTS) is 1. The van der Waals surface area contributed by atoms with Gasteiger partial charge in [-0.3, -0.25) is 10.1 Å². The third kappa shape index (κ3) is 3.29. The van der Waals surface area contributed by atoms with Crippen LogP contribution >= 0.6 is 11.6 Å². The number of carboxylic acids is 1. The molecule has 0 saturated carbocycles. The van der Waals surface area contributed by atoms with Crippen LogP contribution in [0.25, 0.3) is 0 Å². The zero-order valence-corrected chi connectivity index (χ0v) is 11.7. The number of rotatable bonds is 4. The second kappa shape index (κ2) is 5.80. The first kappa shape index (κ1) is 14.8. The number of carbonyl (C=O) groups is 1. The first-order chi connectivity index (χ1) is 9.88. The van der Waals surface area contributed by atoms with Crippen LogP contribution in [0.5, 0.6) is 0 Å². The maximum Gasteiger partial charge on any atom is 0.335 e. The Morgan fingerprint density at radius 3 is 2.52 bits per heavy atom. The van der Waals surface area contributed by atoms with E-state index in [1.54, 1.807) is 25.1 Å². The Bertz CT molecular complexity index is 731. The molecule has 0 heterocycles. The zero-order chi connectivity index (χ0) is 15.6. The molecule has 0 radical (unpaired) electrons. The molecule has 0 spiro atoms. The lowest BCUT2D eigenvalue weighted by atomic mass is 10.1. The molecule has 6 nitrogen and oxygen atoms in total. The average molecular weight is 307 g/mol. The van der Waals surface area contributed by atoms with Gasteiger partial charge in [0.1, 0.15) is 0 Å². The summed E-state index contributed by atoms with van der Waals surface area (Å²) in [6.45, 7) is 1.64. The lowest BCUT2D eigenvalue weighted by Gasteiger charge is -2.10. The Hall–Kier alpha value is -2.60. The molecule has 0 atom stereocenters. The van der Waals surface area contributed by atoms with Gasteiger partial charge in [-0.1, -0.05) is 11.6 Å². The van der Waals surface area contributed by atoms with E-state index >= 15 is 0 Å². The van der Waals surface area contributed by atoms with E-state index < -0.39 is 10.9 Å². The molecule has 0 amide bonds. The fraction of sp³-hybridized carbons (Fsp3) is 0.0714. The molecule has 0 aromatic heterocycles. The summed E-state index contributed by atoms with van der Waals surface area (Å²) in [4.78, 5) is 21.1. The van der Waals surface area contributed by atoms with Crippen LogP contribution in [0.2, 0.25) is 5.02 Å². The van der Waals surface area contributed by atoms with Gasteiger partial charge in [-0.25, -0.2) is 4.79 Å². The van der Waals surface area contributed by atoms with Crippen molar-refractivity contribution < 1.29 is 14.8 Å². The largest absolute Gasteiger partial charge is 0.478 e. The molecule has 0 unspecified atom stereocenters. The van der Waals surface area contributed by atoms with E-state index in [0.717, 1.165) is 0 Å². The average Bonchev–Trinajstić information content (AvgIpc) is 2.40. The number of nitrogens with one attached hydrogen (secondary N) is 1. The highest BCUT2D eigenvalue weighted by Gasteiger charge is 2.11. The van der Waals surface area contributed by atoms with Gasteiger partial charge >= 0.3 is 5.97 Å². The number of nitro groups is 1. The molecule has 2 aromatic rings. The number of aromatic carboxylic acids is 1. The molecule has 2 rings (SSSR count). The van der Waals surface area contributed by atoms with Crippen molar-refractivity contribution in [3.05, 3.63) is 62.7 Å². The predicted octanol–water partition coefficient (Wildman–Crippen LogP) is 4.00. The molecular weight excluding hydrogens is 296 g/mol. The summed E-state index contributed by atoms with van der Waals surface area (Å²) in [5, 5.41) is 22.9. The Morgan fingerprint density at radius 1 is 1.29 bits per heavy atom. The first-order valence-electron chi connectivity index (χ1n) is 5.93. The Morgan fingerprint density at radius 2 is 2.00 bits per heavy atom. The highest BCUT2D eigenvalue weighted by Crippen LogP contribution is 2.29. The van der Waals surface area contributed by atoms with Crippen molar-refractivity contribution in [1.82, 2.24) is 0 Å². The van der Waals surface area contributed by atoms with Crippen LogP contribution in [0, 0.1) is 17.0 Å². The number of benzene rings is 2. The predicted molar refractivity (Wildman–Crippen MR) is 79.5 cm³/mol. The normalized spacial score (nSPS) is 10.2. The molecule has 2 aromatic carbocycles. The number of hydrogen-bond acceptors (Lipinski definition) is 4. The third-order valence-electron chi connectivity index (χ3n) is 2.89. The van der Waals surface area contributed by atoms with E-state index in [4.69, 9.17) is 16.7 Å². The molecule has 7 heteroatoms. The van der Waals surface area contributed by atoms with Gasteiger partial charge in [-0.05, 0) is 37.3 Å². The minimum atomic E-state index is -1.06. The summed E-state index contributed by atoms with van der Waals surface area (Å²) in [7, 11) is 0. The molecule has 2 N–H and O–H groups in total. The number of nitrogens with zero attached hydrogens (tertiary/aromatic N) is 1. The highest BCUT2D eigenvalue weighted by atomic mass is 35.5. The Balaban J connectivity index is 2.28. The number of aryl methyl sites for hydroxylation is 1. The van der Waals surface area contributed by atoms with Gasteiger partial charge < -0.3 is 10.4 Å².